The molecule has 1 aromatic heterocycles. The minimum atomic E-state index is 0.374. The second-order valence-corrected chi connectivity index (χ2v) is 5.33. The molecule has 5 nitrogen and oxygen atoms in total. The lowest BCUT2D eigenvalue weighted by Gasteiger charge is -2.14. The van der Waals surface area contributed by atoms with Crippen LogP contribution in [-0.2, 0) is 6.61 Å². The van der Waals surface area contributed by atoms with E-state index in [1.807, 2.05) is 6.92 Å². The van der Waals surface area contributed by atoms with Crippen LogP contribution in [0.5, 0.6) is 17.2 Å². The van der Waals surface area contributed by atoms with Crippen molar-refractivity contribution in [2.45, 2.75) is 13.5 Å². The zero-order valence-corrected chi connectivity index (χ0v) is 12.3. The van der Waals surface area contributed by atoms with Crippen molar-refractivity contribution in [1.29, 1.82) is 0 Å². The molecule has 0 spiro atoms. The molecular weight excluding hydrogens is 278 g/mol. The Balaban J connectivity index is 2.27. The van der Waals surface area contributed by atoms with Gasteiger partial charge in [0, 0.05) is 11.8 Å². The van der Waals surface area contributed by atoms with Crippen LogP contribution < -0.4 is 14.2 Å². The Hall–Kier alpha value is -2.08. The molecule has 1 heterocycles. The Morgan fingerprint density at radius 2 is 1.90 bits per heavy atom. The normalized spacial score (nSPS) is 10.2. The number of thiazole rings is 1. The molecular formula is C14H15NO4S. The van der Waals surface area contributed by atoms with Gasteiger partial charge in [0.15, 0.2) is 11.5 Å². The Kier molecular flexibility index (Phi) is 4.57. The first-order valence-electron chi connectivity index (χ1n) is 5.93. The molecule has 6 heteroatoms. The molecule has 2 aromatic rings. The molecule has 0 amide bonds. The van der Waals surface area contributed by atoms with Gasteiger partial charge in [-0.05, 0) is 19.1 Å². The molecule has 1 aromatic carbocycles. The standard InChI is InChI=1S/C14H15NO4S/c1-9-15-6-11(20-9)8-19-14-12(17-2)4-10(7-16)5-13(14)18-3/h4-7H,8H2,1-3H3. The van der Waals surface area contributed by atoms with E-state index in [0.717, 1.165) is 16.2 Å². The van der Waals surface area contributed by atoms with Gasteiger partial charge in [0.2, 0.25) is 5.75 Å². The molecule has 20 heavy (non-hydrogen) atoms. The van der Waals surface area contributed by atoms with Crippen molar-refractivity contribution in [2.75, 3.05) is 14.2 Å². The average Bonchev–Trinajstić information content (AvgIpc) is 2.89. The number of hydrogen-bond acceptors (Lipinski definition) is 6. The molecule has 0 N–H and O–H groups in total. The van der Waals surface area contributed by atoms with Gasteiger partial charge in [-0.25, -0.2) is 4.98 Å². The lowest BCUT2D eigenvalue weighted by molar-refractivity contribution is 0.112. The topological polar surface area (TPSA) is 57.7 Å². The maximum Gasteiger partial charge on any atom is 0.203 e. The first-order valence-corrected chi connectivity index (χ1v) is 6.75. The number of carbonyl (C=O) groups excluding carboxylic acids is 1. The second-order valence-electron chi connectivity index (χ2n) is 4.01. The highest BCUT2D eigenvalue weighted by atomic mass is 32.1. The highest BCUT2D eigenvalue weighted by Gasteiger charge is 2.14. The van der Waals surface area contributed by atoms with Gasteiger partial charge in [0.1, 0.15) is 12.9 Å². The van der Waals surface area contributed by atoms with Gasteiger partial charge >= 0.3 is 0 Å². The van der Waals surface area contributed by atoms with E-state index in [1.165, 1.54) is 14.2 Å². The van der Waals surface area contributed by atoms with E-state index in [2.05, 4.69) is 4.98 Å². The summed E-state index contributed by atoms with van der Waals surface area (Å²) in [4.78, 5) is 16.1. The molecule has 0 bridgehead atoms. The summed E-state index contributed by atoms with van der Waals surface area (Å²) in [6.45, 7) is 2.31. The molecule has 0 aliphatic heterocycles. The Morgan fingerprint density at radius 1 is 1.25 bits per heavy atom. The molecule has 0 unspecified atom stereocenters. The van der Waals surface area contributed by atoms with Gasteiger partial charge in [-0.2, -0.15) is 0 Å². The smallest absolute Gasteiger partial charge is 0.203 e. The largest absolute Gasteiger partial charge is 0.493 e. The van der Waals surface area contributed by atoms with Crippen LogP contribution in [-0.4, -0.2) is 25.5 Å². The van der Waals surface area contributed by atoms with Crippen molar-refractivity contribution in [3.05, 3.63) is 33.8 Å². The summed E-state index contributed by atoms with van der Waals surface area (Å²) >= 11 is 1.57. The summed E-state index contributed by atoms with van der Waals surface area (Å²) in [5, 5.41) is 0.985. The van der Waals surface area contributed by atoms with Crippen LogP contribution in [0.2, 0.25) is 0 Å². The monoisotopic (exact) mass is 293 g/mol. The predicted molar refractivity (Wildman–Crippen MR) is 76.1 cm³/mol. The van der Waals surface area contributed by atoms with Crippen LogP contribution in [0.3, 0.4) is 0 Å². The Morgan fingerprint density at radius 3 is 2.35 bits per heavy atom. The summed E-state index contributed by atoms with van der Waals surface area (Å²) in [7, 11) is 3.04. The molecule has 0 atom stereocenters. The molecule has 0 aliphatic rings. The fourth-order valence-corrected chi connectivity index (χ4v) is 2.43. The van der Waals surface area contributed by atoms with Gasteiger partial charge in [-0.15, -0.1) is 11.3 Å². The molecule has 2 rings (SSSR count). The third-order valence-corrected chi connectivity index (χ3v) is 3.53. The lowest BCUT2D eigenvalue weighted by Crippen LogP contribution is -2.00. The van der Waals surface area contributed by atoms with Gasteiger partial charge in [0.25, 0.3) is 0 Å². The zero-order chi connectivity index (χ0) is 14.5. The maximum atomic E-state index is 10.9. The van der Waals surface area contributed by atoms with Crippen LogP contribution >= 0.6 is 11.3 Å². The van der Waals surface area contributed by atoms with Crippen molar-refractivity contribution in [3.8, 4) is 17.2 Å². The summed E-state index contributed by atoms with van der Waals surface area (Å²) in [5.74, 6) is 1.41. The van der Waals surface area contributed by atoms with Crippen LogP contribution in [0.25, 0.3) is 0 Å². The van der Waals surface area contributed by atoms with Crippen LogP contribution in [0.1, 0.15) is 20.2 Å². The molecule has 0 saturated carbocycles. The van der Waals surface area contributed by atoms with Crippen LogP contribution in [0, 0.1) is 6.92 Å². The summed E-state index contributed by atoms with van der Waals surface area (Å²) < 4.78 is 16.2. The number of benzene rings is 1. The van der Waals surface area contributed by atoms with E-state index in [9.17, 15) is 4.79 Å². The van der Waals surface area contributed by atoms with Crippen molar-refractivity contribution in [1.82, 2.24) is 4.98 Å². The Bertz CT molecular complexity index is 584. The fourth-order valence-electron chi connectivity index (χ4n) is 1.73. The second kappa shape index (κ2) is 6.38. The minimum absolute atomic E-state index is 0.374. The molecule has 0 radical (unpaired) electrons. The zero-order valence-electron chi connectivity index (χ0n) is 11.5. The molecule has 0 saturated heterocycles. The molecule has 106 valence electrons. The van der Waals surface area contributed by atoms with E-state index < -0.39 is 0 Å². The number of aromatic nitrogens is 1. The number of aryl methyl sites for hydroxylation is 1. The summed E-state index contributed by atoms with van der Waals surface area (Å²) in [6, 6.07) is 3.23. The number of methoxy groups -OCH3 is 2. The molecule has 0 fully saturated rings. The maximum absolute atomic E-state index is 10.9. The van der Waals surface area contributed by atoms with Crippen molar-refractivity contribution in [2.24, 2.45) is 0 Å². The van der Waals surface area contributed by atoms with Crippen LogP contribution in [0.4, 0.5) is 0 Å². The number of carbonyl (C=O) groups is 1. The fraction of sp³-hybridized carbons (Fsp3) is 0.286. The number of aldehydes is 1. The lowest BCUT2D eigenvalue weighted by atomic mass is 10.2. The average molecular weight is 293 g/mol. The first-order chi connectivity index (χ1) is 9.67. The van der Waals surface area contributed by atoms with E-state index in [4.69, 9.17) is 14.2 Å². The minimum Gasteiger partial charge on any atom is -0.493 e. The first kappa shape index (κ1) is 14.3. The molecule has 0 aliphatic carbocycles. The quantitative estimate of drug-likeness (QED) is 0.766. The van der Waals surface area contributed by atoms with E-state index in [0.29, 0.717) is 29.4 Å². The van der Waals surface area contributed by atoms with Crippen molar-refractivity contribution >= 4 is 17.6 Å². The van der Waals surface area contributed by atoms with Gasteiger partial charge < -0.3 is 14.2 Å². The van der Waals surface area contributed by atoms with Gasteiger partial charge in [0.05, 0.1) is 24.1 Å². The number of rotatable bonds is 6. The van der Waals surface area contributed by atoms with Crippen LogP contribution in [0.15, 0.2) is 18.3 Å². The van der Waals surface area contributed by atoms with E-state index in [1.54, 1.807) is 29.7 Å². The van der Waals surface area contributed by atoms with E-state index >= 15 is 0 Å². The van der Waals surface area contributed by atoms with E-state index in [-0.39, 0.29) is 0 Å². The van der Waals surface area contributed by atoms with Crippen molar-refractivity contribution in [3.63, 3.8) is 0 Å². The number of hydrogen-bond donors (Lipinski definition) is 0. The van der Waals surface area contributed by atoms with Gasteiger partial charge in [-0.3, -0.25) is 4.79 Å². The predicted octanol–water partition coefficient (Wildman–Crippen LogP) is 2.86. The third kappa shape index (κ3) is 3.08. The summed E-state index contributed by atoms with van der Waals surface area (Å²) in [6.07, 6.45) is 2.51. The van der Waals surface area contributed by atoms with Gasteiger partial charge in [-0.1, -0.05) is 0 Å². The summed E-state index contributed by atoms with van der Waals surface area (Å²) in [5.41, 5.74) is 0.472. The SMILES string of the molecule is COc1cc(C=O)cc(OC)c1OCc1cnc(C)s1. The number of nitrogens with zero attached hydrogens (tertiary/aromatic N) is 1. The Labute approximate surface area is 121 Å². The number of ether oxygens (including phenoxy) is 3. The third-order valence-electron chi connectivity index (χ3n) is 2.65. The van der Waals surface area contributed by atoms with Crippen molar-refractivity contribution < 1.29 is 19.0 Å². The highest BCUT2D eigenvalue weighted by Crippen LogP contribution is 2.38. The highest BCUT2D eigenvalue weighted by molar-refractivity contribution is 7.11.